The van der Waals surface area contributed by atoms with E-state index < -0.39 is 0 Å². The lowest BCUT2D eigenvalue weighted by molar-refractivity contribution is 0.668. The zero-order valence-corrected chi connectivity index (χ0v) is 10.3. The fourth-order valence-electron chi connectivity index (χ4n) is 1.86. The molecule has 0 amide bonds. The van der Waals surface area contributed by atoms with E-state index in [0.717, 1.165) is 23.9 Å². The molecule has 1 atom stereocenters. The standard InChI is InChI=1S/C12H16ClN3/c1-3-16-12(13)10-5-4-9(6-8(2)14)7-11(10)15-16/h4-5,7-8H,3,6,14H2,1-2H3. The normalized spacial score (nSPS) is 13.2. The van der Waals surface area contributed by atoms with Gasteiger partial charge < -0.3 is 5.73 Å². The lowest BCUT2D eigenvalue weighted by Crippen LogP contribution is -2.17. The molecular formula is C12H16ClN3. The number of hydrogen-bond acceptors (Lipinski definition) is 2. The van der Waals surface area contributed by atoms with Crippen molar-refractivity contribution in [2.45, 2.75) is 32.9 Å². The van der Waals surface area contributed by atoms with Gasteiger partial charge in [-0.15, -0.1) is 0 Å². The number of aryl methyl sites for hydroxylation is 1. The molecule has 1 heterocycles. The molecule has 0 saturated carbocycles. The van der Waals surface area contributed by atoms with Gasteiger partial charge in [0.1, 0.15) is 5.15 Å². The maximum atomic E-state index is 6.19. The second-order valence-electron chi connectivity index (χ2n) is 4.14. The van der Waals surface area contributed by atoms with Gasteiger partial charge >= 0.3 is 0 Å². The highest BCUT2D eigenvalue weighted by molar-refractivity contribution is 6.34. The van der Waals surface area contributed by atoms with E-state index in [1.807, 2.05) is 24.6 Å². The number of aromatic nitrogens is 2. The molecule has 2 aromatic rings. The lowest BCUT2D eigenvalue weighted by atomic mass is 10.1. The third-order valence-electron chi connectivity index (χ3n) is 2.60. The van der Waals surface area contributed by atoms with Gasteiger partial charge in [0.15, 0.2) is 0 Å². The third kappa shape index (κ3) is 2.06. The van der Waals surface area contributed by atoms with Crippen LogP contribution in [0.4, 0.5) is 0 Å². The minimum atomic E-state index is 0.168. The first-order chi connectivity index (χ1) is 7.61. The molecule has 0 fully saturated rings. The Balaban J connectivity index is 2.46. The van der Waals surface area contributed by atoms with E-state index in [9.17, 15) is 0 Å². The summed E-state index contributed by atoms with van der Waals surface area (Å²) in [7, 11) is 0. The maximum absolute atomic E-state index is 6.19. The molecule has 3 nitrogen and oxygen atoms in total. The third-order valence-corrected chi connectivity index (χ3v) is 3.00. The molecule has 2 N–H and O–H groups in total. The average Bonchev–Trinajstić information content (AvgIpc) is 2.54. The first-order valence-electron chi connectivity index (χ1n) is 5.52. The minimum Gasteiger partial charge on any atom is -0.328 e. The van der Waals surface area contributed by atoms with Crippen molar-refractivity contribution in [3.05, 3.63) is 28.9 Å². The van der Waals surface area contributed by atoms with Crippen LogP contribution in [0, 0.1) is 0 Å². The van der Waals surface area contributed by atoms with Gasteiger partial charge in [-0.2, -0.15) is 5.10 Å². The molecule has 2 rings (SSSR count). The predicted molar refractivity (Wildman–Crippen MR) is 67.8 cm³/mol. The quantitative estimate of drug-likeness (QED) is 0.892. The van der Waals surface area contributed by atoms with Crippen LogP contribution in [-0.4, -0.2) is 15.8 Å². The monoisotopic (exact) mass is 237 g/mol. The summed E-state index contributed by atoms with van der Waals surface area (Å²) in [5, 5.41) is 6.17. The maximum Gasteiger partial charge on any atom is 0.134 e. The Bertz CT molecular complexity index is 502. The van der Waals surface area contributed by atoms with Crippen molar-refractivity contribution < 1.29 is 0 Å². The van der Waals surface area contributed by atoms with Gasteiger partial charge in [-0.3, -0.25) is 4.68 Å². The lowest BCUT2D eigenvalue weighted by Gasteiger charge is -2.04. The Morgan fingerprint density at radius 1 is 1.50 bits per heavy atom. The van der Waals surface area contributed by atoms with Crippen LogP contribution < -0.4 is 5.73 Å². The molecule has 0 spiro atoms. The predicted octanol–water partition coefficient (Wildman–Crippen LogP) is 2.60. The summed E-state index contributed by atoms with van der Waals surface area (Å²) in [6, 6.07) is 6.33. The fraction of sp³-hybridized carbons (Fsp3) is 0.417. The molecule has 1 aromatic carbocycles. The number of benzene rings is 1. The van der Waals surface area contributed by atoms with Crippen molar-refractivity contribution in [2.24, 2.45) is 5.73 Å². The van der Waals surface area contributed by atoms with Crippen LogP contribution in [0.2, 0.25) is 5.15 Å². The number of fused-ring (bicyclic) bond motifs is 1. The van der Waals surface area contributed by atoms with Gasteiger partial charge in [0, 0.05) is 18.0 Å². The van der Waals surface area contributed by atoms with Crippen molar-refractivity contribution >= 4 is 22.5 Å². The van der Waals surface area contributed by atoms with Gasteiger partial charge in [0.2, 0.25) is 0 Å². The second kappa shape index (κ2) is 4.44. The van der Waals surface area contributed by atoms with E-state index in [4.69, 9.17) is 17.3 Å². The summed E-state index contributed by atoms with van der Waals surface area (Å²) in [6.07, 6.45) is 0.868. The summed E-state index contributed by atoms with van der Waals surface area (Å²) in [5.41, 5.74) is 7.94. The molecule has 0 aliphatic heterocycles. The summed E-state index contributed by atoms with van der Waals surface area (Å²) < 4.78 is 1.81. The van der Waals surface area contributed by atoms with Crippen LogP contribution in [0.1, 0.15) is 19.4 Å². The highest BCUT2D eigenvalue weighted by Crippen LogP contribution is 2.24. The summed E-state index contributed by atoms with van der Waals surface area (Å²) >= 11 is 6.19. The molecule has 1 aromatic heterocycles. The smallest absolute Gasteiger partial charge is 0.134 e. The molecule has 0 saturated heterocycles. The Labute approximate surface area is 100 Å². The van der Waals surface area contributed by atoms with Crippen LogP contribution in [0.5, 0.6) is 0 Å². The molecule has 1 unspecified atom stereocenters. The summed E-state index contributed by atoms with van der Waals surface area (Å²) in [5.74, 6) is 0. The van der Waals surface area contributed by atoms with Gasteiger partial charge in [-0.25, -0.2) is 0 Å². The molecule has 16 heavy (non-hydrogen) atoms. The van der Waals surface area contributed by atoms with Crippen molar-refractivity contribution in [3.8, 4) is 0 Å². The van der Waals surface area contributed by atoms with Crippen LogP contribution >= 0.6 is 11.6 Å². The Hall–Kier alpha value is -1.06. The number of nitrogens with two attached hydrogens (primary N) is 1. The summed E-state index contributed by atoms with van der Waals surface area (Å²) in [6.45, 7) is 4.82. The van der Waals surface area contributed by atoms with E-state index in [1.54, 1.807) is 0 Å². The molecule has 86 valence electrons. The molecule has 0 aliphatic rings. The topological polar surface area (TPSA) is 43.8 Å². The Morgan fingerprint density at radius 3 is 2.88 bits per heavy atom. The van der Waals surface area contributed by atoms with E-state index in [2.05, 4.69) is 17.2 Å². The minimum absolute atomic E-state index is 0.168. The van der Waals surface area contributed by atoms with E-state index >= 15 is 0 Å². The fourth-order valence-corrected chi connectivity index (χ4v) is 2.17. The van der Waals surface area contributed by atoms with Gasteiger partial charge in [0.25, 0.3) is 0 Å². The van der Waals surface area contributed by atoms with Crippen LogP contribution in [0.25, 0.3) is 10.9 Å². The number of rotatable bonds is 3. The second-order valence-corrected chi connectivity index (χ2v) is 4.50. The van der Waals surface area contributed by atoms with Crippen LogP contribution in [0.3, 0.4) is 0 Å². The highest BCUT2D eigenvalue weighted by atomic mass is 35.5. The highest BCUT2D eigenvalue weighted by Gasteiger charge is 2.08. The molecule has 4 heteroatoms. The number of halogens is 1. The van der Waals surface area contributed by atoms with Gasteiger partial charge in [0.05, 0.1) is 5.52 Å². The van der Waals surface area contributed by atoms with E-state index in [0.29, 0.717) is 5.15 Å². The van der Waals surface area contributed by atoms with Crippen molar-refractivity contribution in [2.75, 3.05) is 0 Å². The zero-order valence-electron chi connectivity index (χ0n) is 9.57. The van der Waals surface area contributed by atoms with Crippen molar-refractivity contribution in [1.82, 2.24) is 9.78 Å². The largest absolute Gasteiger partial charge is 0.328 e. The number of nitrogens with zero attached hydrogens (tertiary/aromatic N) is 2. The average molecular weight is 238 g/mol. The molecule has 0 radical (unpaired) electrons. The van der Waals surface area contributed by atoms with Crippen LogP contribution in [0.15, 0.2) is 18.2 Å². The van der Waals surface area contributed by atoms with Crippen molar-refractivity contribution in [1.29, 1.82) is 0 Å². The molecule has 0 aliphatic carbocycles. The first kappa shape index (κ1) is 11.4. The Kier molecular flexibility index (Phi) is 3.17. The van der Waals surface area contributed by atoms with E-state index in [1.165, 1.54) is 5.56 Å². The summed E-state index contributed by atoms with van der Waals surface area (Å²) in [4.78, 5) is 0. The first-order valence-corrected chi connectivity index (χ1v) is 5.90. The zero-order chi connectivity index (χ0) is 11.7. The Morgan fingerprint density at radius 2 is 2.25 bits per heavy atom. The van der Waals surface area contributed by atoms with Crippen LogP contribution in [-0.2, 0) is 13.0 Å². The van der Waals surface area contributed by atoms with Gasteiger partial charge in [-0.05, 0) is 38.0 Å². The van der Waals surface area contributed by atoms with E-state index in [-0.39, 0.29) is 6.04 Å². The van der Waals surface area contributed by atoms with Gasteiger partial charge in [-0.1, -0.05) is 17.7 Å². The molecular weight excluding hydrogens is 222 g/mol. The number of hydrogen-bond donors (Lipinski definition) is 1. The van der Waals surface area contributed by atoms with Crippen molar-refractivity contribution in [3.63, 3.8) is 0 Å². The molecule has 0 bridgehead atoms. The SMILES string of the molecule is CCn1nc2cc(CC(C)N)ccc2c1Cl.